The molecule has 1 aliphatic carbocycles. The number of nitrogens with one attached hydrogen (secondary N) is 1. The Balaban J connectivity index is 1.36. The average Bonchev–Trinajstić information content (AvgIpc) is 3.13. The number of carbonyl (C=O) groups is 1. The van der Waals surface area contributed by atoms with Crippen LogP contribution in [0.25, 0.3) is 0 Å². The largest absolute Gasteiger partial charge is 0.349 e. The lowest BCUT2D eigenvalue weighted by Crippen LogP contribution is -2.35. The van der Waals surface area contributed by atoms with Crippen LogP contribution in [0.4, 0.5) is 0 Å². The van der Waals surface area contributed by atoms with Crippen molar-refractivity contribution in [1.82, 2.24) is 19.9 Å². The van der Waals surface area contributed by atoms with E-state index in [0.717, 1.165) is 48.8 Å². The predicted octanol–water partition coefficient (Wildman–Crippen LogP) is 2.41. The number of fused-ring (bicyclic) bond motifs is 2. The van der Waals surface area contributed by atoms with Gasteiger partial charge in [-0.15, -0.1) is 11.3 Å². The van der Waals surface area contributed by atoms with Crippen LogP contribution in [0.3, 0.4) is 0 Å². The molecule has 1 unspecified atom stereocenters. The van der Waals surface area contributed by atoms with Gasteiger partial charge in [-0.3, -0.25) is 4.79 Å². The van der Waals surface area contributed by atoms with Crippen molar-refractivity contribution in [3.63, 3.8) is 0 Å². The molecule has 2 aliphatic rings. The number of amides is 1. The zero-order valence-electron chi connectivity index (χ0n) is 13.5. The zero-order chi connectivity index (χ0) is 15.8. The third-order valence-corrected chi connectivity index (χ3v) is 5.96. The maximum absolute atomic E-state index is 12.5. The van der Waals surface area contributed by atoms with Crippen molar-refractivity contribution in [3.05, 3.63) is 33.3 Å². The molecule has 4 rings (SSSR count). The van der Waals surface area contributed by atoms with Crippen molar-refractivity contribution in [2.45, 2.75) is 58.5 Å². The lowest BCUT2D eigenvalue weighted by atomic mass is 9.97. The van der Waals surface area contributed by atoms with E-state index in [9.17, 15) is 4.79 Å². The molecule has 23 heavy (non-hydrogen) atoms. The minimum Gasteiger partial charge on any atom is -0.349 e. The van der Waals surface area contributed by atoms with Crippen molar-refractivity contribution in [2.24, 2.45) is 5.92 Å². The molecule has 0 fully saturated rings. The molecule has 0 radical (unpaired) electrons. The fourth-order valence-electron chi connectivity index (χ4n) is 3.58. The Morgan fingerprint density at radius 1 is 1.39 bits per heavy atom. The molecule has 0 spiro atoms. The van der Waals surface area contributed by atoms with Crippen LogP contribution < -0.4 is 5.32 Å². The van der Waals surface area contributed by atoms with E-state index in [1.54, 1.807) is 11.3 Å². The number of aryl methyl sites for hydroxylation is 4. The molecule has 0 saturated carbocycles. The molecular formula is C17H22N4OS. The lowest BCUT2D eigenvalue weighted by Gasteiger charge is -2.22. The summed E-state index contributed by atoms with van der Waals surface area (Å²) in [6.07, 6.45) is 8.49. The topological polar surface area (TPSA) is 59.8 Å². The van der Waals surface area contributed by atoms with E-state index in [2.05, 4.69) is 21.1 Å². The second-order valence-electron chi connectivity index (χ2n) is 6.58. The predicted molar refractivity (Wildman–Crippen MR) is 89.4 cm³/mol. The second kappa shape index (κ2) is 6.07. The van der Waals surface area contributed by atoms with E-state index in [-0.39, 0.29) is 11.8 Å². The number of imidazole rings is 1. The number of hydrogen-bond donors (Lipinski definition) is 1. The van der Waals surface area contributed by atoms with Crippen molar-refractivity contribution in [2.75, 3.05) is 0 Å². The minimum atomic E-state index is 0.0406. The Morgan fingerprint density at radius 3 is 3.13 bits per heavy atom. The van der Waals surface area contributed by atoms with Gasteiger partial charge in [0, 0.05) is 30.0 Å². The van der Waals surface area contributed by atoms with Gasteiger partial charge in [0.1, 0.15) is 10.8 Å². The summed E-state index contributed by atoms with van der Waals surface area (Å²) in [5.74, 6) is 1.22. The fourth-order valence-corrected chi connectivity index (χ4v) is 4.68. The van der Waals surface area contributed by atoms with E-state index in [1.807, 2.05) is 6.92 Å². The number of thiazole rings is 1. The van der Waals surface area contributed by atoms with Crippen molar-refractivity contribution >= 4 is 17.2 Å². The third-order valence-electron chi connectivity index (χ3n) is 4.80. The van der Waals surface area contributed by atoms with E-state index in [4.69, 9.17) is 4.98 Å². The monoisotopic (exact) mass is 330 g/mol. The highest BCUT2D eigenvalue weighted by Gasteiger charge is 2.26. The van der Waals surface area contributed by atoms with Crippen LogP contribution in [-0.4, -0.2) is 20.4 Å². The number of nitrogens with zero attached hydrogens (tertiary/aromatic N) is 3. The van der Waals surface area contributed by atoms with Gasteiger partial charge in [0.2, 0.25) is 5.91 Å². The molecule has 2 aromatic rings. The number of carbonyl (C=O) groups excluding carboxylic acids is 1. The number of hydrogen-bond acceptors (Lipinski definition) is 4. The van der Waals surface area contributed by atoms with Gasteiger partial charge in [-0.2, -0.15) is 0 Å². The number of rotatable bonds is 3. The maximum atomic E-state index is 12.5. The van der Waals surface area contributed by atoms with Crippen molar-refractivity contribution in [3.8, 4) is 0 Å². The standard InChI is InChI=1S/C17H22N4OS/c1-11-10-21-7-6-12(8-15(21)19-11)17(22)18-9-16-20-13-4-2-3-5-14(13)23-16/h10,12H,2-9H2,1H3,(H,18,22). The average molecular weight is 330 g/mol. The molecule has 1 amide bonds. The van der Waals surface area contributed by atoms with Crippen LogP contribution in [0.1, 0.15) is 46.4 Å². The maximum Gasteiger partial charge on any atom is 0.223 e. The Hall–Kier alpha value is -1.69. The first-order valence-electron chi connectivity index (χ1n) is 8.47. The highest BCUT2D eigenvalue weighted by molar-refractivity contribution is 7.11. The SMILES string of the molecule is Cc1cn2c(n1)CC(C(=O)NCc1nc3c(s1)CCCC3)CC2. The molecule has 0 aromatic carbocycles. The van der Waals surface area contributed by atoms with Gasteiger partial charge in [0.25, 0.3) is 0 Å². The van der Waals surface area contributed by atoms with Gasteiger partial charge >= 0.3 is 0 Å². The van der Waals surface area contributed by atoms with Crippen LogP contribution in [-0.2, 0) is 37.1 Å². The summed E-state index contributed by atoms with van der Waals surface area (Å²) in [7, 11) is 0. The molecule has 6 heteroatoms. The Bertz CT molecular complexity index is 710. The summed E-state index contributed by atoms with van der Waals surface area (Å²) in [5.41, 5.74) is 2.30. The van der Waals surface area contributed by atoms with Gasteiger partial charge in [-0.1, -0.05) is 0 Å². The Kier molecular flexibility index (Phi) is 3.93. The molecule has 5 nitrogen and oxygen atoms in total. The fraction of sp³-hybridized carbons (Fsp3) is 0.588. The second-order valence-corrected chi connectivity index (χ2v) is 7.75. The molecule has 1 N–H and O–H groups in total. The summed E-state index contributed by atoms with van der Waals surface area (Å²) in [4.78, 5) is 23.1. The normalized spacial score (nSPS) is 20.0. The molecule has 0 bridgehead atoms. The van der Waals surface area contributed by atoms with Crippen LogP contribution >= 0.6 is 11.3 Å². The highest BCUT2D eigenvalue weighted by Crippen LogP contribution is 2.27. The molecule has 1 atom stereocenters. The molecule has 2 aromatic heterocycles. The molecule has 1 aliphatic heterocycles. The summed E-state index contributed by atoms with van der Waals surface area (Å²) < 4.78 is 2.17. The van der Waals surface area contributed by atoms with E-state index < -0.39 is 0 Å². The Labute approximate surface area is 140 Å². The molecule has 122 valence electrons. The third kappa shape index (κ3) is 3.04. The first-order chi connectivity index (χ1) is 11.2. The van der Waals surface area contributed by atoms with Gasteiger partial charge in [0.05, 0.1) is 17.9 Å². The lowest BCUT2D eigenvalue weighted by molar-refractivity contribution is -0.125. The zero-order valence-corrected chi connectivity index (χ0v) is 14.3. The number of aromatic nitrogens is 3. The smallest absolute Gasteiger partial charge is 0.223 e. The van der Waals surface area contributed by atoms with Crippen LogP contribution in [0.15, 0.2) is 6.20 Å². The molecule has 3 heterocycles. The van der Waals surface area contributed by atoms with E-state index in [1.165, 1.54) is 23.4 Å². The minimum absolute atomic E-state index is 0.0406. The molecular weight excluding hydrogens is 308 g/mol. The van der Waals surface area contributed by atoms with Gasteiger partial charge < -0.3 is 9.88 Å². The van der Waals surface area contributed by atoms with Crippen LogP contribution in [0, 0.1) is 12.8 Å². The van der Waals surface area contributed by atoms with Gasteiger partial charge in [-0.05, 0) is 39.0 Å². The van der Waals surface area contributed by atoms with Crippen molar-refractivity contribution < 1.29 is 4.79 Å². The first kappa shape index (κ1) is 14.9. The quantitative estimate of drug-likeness (QED) is 0.940. The van der Waals surface area contributed by atoms with Gasteiger partial charge in [-0.25, -0.2) is 9.97 Å². The van der Waals surface area contributed by atoms with Crippen LogP contribution in [0.2, 0.25) is 0 Å². The van der Waals surface area contributed by atoms with Gasteiger partial charge in [0.15, 0.2) is 0 Å². The summed E-state index contributed by atoms with van der Waals surface area (Å²) in [6.45, 7) is 3.46. The summed E-state index contributed by atoms with van der Waals surface area (Å²) in [6, 6.07) is 0. The molecule has 0 saturated heterocycles. The summed E-state index contributed by atoms with van der Waals surface area (Å²) in [5, 5.41) is 4.14. The Morgan fingerprint density at radius 2 is 2.26 bits per heavy atom. The van der Waals surface area contributed by atoms with E-state index in [0.29, 0.717) is 6.54 Å². The summed E-state index contributed by atoms with van der Waals surface area (Å²) >= 11 is 1.77. The van der Waals surface area contributed by atoms with E-state index >= 15 is 0 Å². The van der Waals surface area contributed by atoms with Crippen LogP contribution in [0.5, 0.6) is 0 Å². The van der Waals surface area contributed by atoms with Crippen molar-refractivity contribution in [1.29, 1.82) is 0 Å². The first-order valence-corrected chi connectivity index (χ1v) is 9.28. The highest BCUT2D eigenvalue weighted by atomic mass is 32.1.